The molecule has 0 aliphatic heterocycles. The predicted molar refractivity (Wildman–Crippen MR) is 138 cm³/mol. The summed E-state index contributed by atoms with van der Waals surface area (Å²) >= 11 is 3.03. The molecule has 182 valence electrons. The smallest absolute Gasteiger partial charge is 0.273 e. The SMILES string of the molecule is COc1ccc(CCN(C)C(=O)c2csc(CSc3nnc(C)n3-c3ccccc3)n2)cc1OC. The number of thiazole rings is 1. The Balaban J connectivity index is 1.35. The summed E-state index contributed by atoms with van der Waals surface area (Å²) < 4.78 is 12.7. The van der Waals surface area contributed by atoms with Gasteiger partial charge in [-0.25, -0.2) is 4.98 Å². The highest BCUT2D eigenvalue weighted by atomic mass is 32.2. The molecular weight excluding hydrogens is 482 g/mol. The van der Waals surface area contributed by atoms with Crippen molar-refractivity contribution in [1.82, 2.24) is 24.6 Å². The first-order valence-electron chi connectivity index (χ1n) is 11.0. The molecule has 35 heavy (non-hydrogen) atoms. The van der Waals surface area contributed by atoms with E-state index in [1.807, 2.05) is 65.4 Å². The Bertz CT molecular complexity index is 1290. The number of carbonyl (C=O) groups excluding carboxylic acids is 1. The highest BCUT2D eigenvalue weighted by Crippen LogP contribution is 2.28. The molecule has 1 amide bonds. The van der Waals surface area contributed by atoms with Crippen molar-refractivity contribution < 1.29 is 14.3 Å². The number of ether oxygens (including phenoxy) is 2. The number of aromatic nitrogens is 4. The number of thioether (sulfide) groups is 1. The average molecular weight is 510 g/mol. The van der Waals surface area contributed by atoms with Gasteiger partial charge >= 0.3 is 0 Å². The second kappa shape index (κ2) is 11.4. The maximum absolute atomic E-state index is 12.9. The lowest BCUT2D eigenvalue weighted by molar-refractivity contribution is 0.0791. The van der Waals surface area contributed by atoms with E-state index in [0.717, 1.165) is 27.2 Å². The number of para-hydroxylation sites is 1. The van der Waals surface area contributed by atoms with Crippen LogP contribution in [0.15, 0.2) is 59.1 Å². The molecule has 4 aromatic rings. The van der Waals surface area contributed by atoms with Crippen LogP contribution in [0.5, 0.6) is 11.5 Å². The van der Waals surface area contributed by atoms with E-state index in [1.165, 1.54) is 11.3 Å². The summed E-state index contributed by atoms with van der Waals surface area (Å²) in [5.74, 6) is 2.70. The molecule has 0 saturated heterocycles. The molecule has 4 rings (SSSR count). The summed E-state index contributed by atoms with van der Waals surface area (Å²) in [7, 11) is 5.02. The molecule has 0 N–H and O–H groups in total. The molecule has 2 aromatic carbocycles. The van der Waals surface area contributed by atoms with Crippen LogP contribution in [-0.2, 0) is 12.2 Å². The van der Waals surface area contributed by atoms with Gasteiger partial charge in [0.25, 0.3) is 5.91 Å². The van der Waals surface area contributed by atoms with Crippen LogP contribution in [-0.4, -0.2) is 58.4 Å². The molecule has 0 aliphatic carbocycles. The summed E-state index contributed by atoms with van der Waals surface area (Å²) in [6.45, 7) is 2.50. The first-order valence-corrected chi connectivity index (χ1v) is 12.9. The summed E-state index contributed by atoms with van der Waals surface area (Å²) in [6, 6.07) is 15.8. The van der Waals surface area contributed by atoms with E-state index in [1.54, 1.807) is 37.9 Å². The molecule has 2 heterocycles. The first kappa shape index (κ1) is 24.7. The molecular formula is C25H27N5O3S2. The van der Waals surface area contributed by atoms with E-state index in [2.05, 4.69) is 15.2 Å². The monoisotopic (exact) mass is 509 g/mol. The van der Waals surface area contributed by atoms with E-state index in [4.69, 9.17) is 9.47 Å². The zero-order valence-corrected chi connectivity index (χ0v) is 21.7. The minimum absolute atomic E-state index is 0.0960. The average Bonchev–Trinajstić information content (AvgIpc) is 3.52. The number of hydrogen-bond donors (Lipinski definition) is 0. The topological polar surface area (TPSA) is 82.4 Å². The van der Waals surface area contributed by atoms with Crippen molar-refractivity contribution in [2.24, 2.45) is 0 Å². The summed E-state index contributed by atoms with van der Waals surface area (Å²) in [6.07, 6.45) is 0.698. The fraction of sp³-hybridized carbons (Fsp3) is 0.280. The zero-order chi connectivity index (χ0) is 24.8. The normalized spacial score (nSPS) is 10.9. The zero-order valence-electron chi connectivity index (χ0n) is 20.1. The maximum atomic E-state index is 12.9. The predicted octanol–water partition coefficient (Wildman–Crippen LogP) is 4.66. The van der Waals surface area contributed by atoms with Gasteiger partial charge < -0.3 is 14.4 Å². The molecule has 0 aliphatic rings. The molecule has 0 radical (unpaired) electrons. The van der Waals surface area contributed by atoms with Gasteiger partial charge in [-0.1, -0.05) is 36.0 Å². The fourth-order valence-electron chi connectivity index (χ4n) is 3.54. The quantitative estimate of drug-likeness (QED) is 0.288. The van der Waals surface area contributed by atoms with Crippen molar-refractivity contribution in [3.63, 3.8) is 0 Å². The summed E-state index contributed by atoms with van der Waals surface area (Å²) in [4.78, 5) is 19.2. The molecule has 0 spiro atoms. The molecule has 0 fully saturated rings. The lowest BCUT2D eigenvalue weighted by atomic mass is 10.1. The van der Waals surface area contributed by atoms with Crippen LogP contribution in [0.2, 0.25) is 0 Å². The van der Waals surface area contributed by atoms with Gasteiger partial charge in [0.1, 0.15) is 16.5 Å². The summed E-state index contributed by atoms with van der Waals surface area (Å²) in [5.41, 5.74) is 2.54. The number of amides is 1. The third-order valence-electron chi connectivity index (χ3n) is 5.44. The second-order valence-electron chi connectivity index (χ2n) is 7.78. The third-order valence-corrected chi connectivity index (χ3v) is 7.41. The fourth-order valence-corrected chi connectivity index (χ4v) is 5.33. The van der Waals surface area contributed by atoms with Gasteiger partial charge in [0, 0.05) is 24.7 Å². The van der Waals surface area contributed by atoms with Crippen molar-refractivity contribution in [3.05, 3.63) is 76.0 Å². The number of nitrogens with zero attached hydrogens (tertiary/aromatic N) is 5. The van der Waals surface area contributed by atoms with Crippen LogP contribution in [0, 0.1) is 6.92 Å². The van der Waals surface area contributed by atoms with Crippen LogP contribution >= 0.6 is 23.1 Å². The number of hydrogen-bond acceptors (Lipinski definition) is 8. The number of carbonyl (C=O) groups is 1. The Kier molecular flexibility index (Phi) is 8.04. The number of methoxy groups -OCH3 is 2. The van der Waals surface area contributed by atoms with Crippen molar-refractivity contribution in [1.29, 1.82) is 0 Å². The molecule has 0 atom stereocenters. The van der Waals surface area contributed by atoms with Gasteiger partial charge in [-0.2, -0.15) is 0 Å². The molecule has 8 nitrogen and oxygen atoms in total. The Morgan fingerprint density at radius 1 is 1.09 bits per heavy atom. The van der Waals surface area contributed by atoms with Gasteiger partial charge in [0.05, 0.1) is 20.0 Å². The molecule has 0 bridgehead atoms. The Morgan fingerprint density at radius 2 is 1.86 bits per heavy atom. The van der Waals surface area contributed by atoms with Crippen molar-refractivity contribution in [2.75, 3.05) is 27.8 Å². The lowest BCUT2D eigenvalue weighted by Crippen LogP contribution is -2.29. The van der Waals surface area contributed by atoms with Crippen LogP contribution in [0.3, 0.4) is 0 Å². The standard InChI is InChI=1S/C25H27N5O3S2/c1-17-27-28-25(30(17)19-8-6-5-7-9-19)35-16-23-26-20(15-34-23)24(31)29(2)13-12-18-10-11-21(32-3)22(14-18)33-4/h5-11,14-15H,12-13,16H2,1-4H3. The van der Waals surface area contributed by atoms with Gasteiger partial charge in [0.2, 0.25) is 0 Å². The van der Waals surface area contributed by atoms with E-state index < -0.39 is 0 Å². The van der Waals surface area contributed by atoms with Gasteiger partial charge in [0.15, 0.2) is 16.7 Å². The van der Waals surface area contributed by atoms with Crippen LogP contribution in [0.1, 0.15) is 26.9 Å². The Labute approximate surface area is 212 Å². The minimum atomic E-state index is -0.0960. The van der Waals surface area contributed by atoms with Crippen LogP contribution in [0.4, 0.5) is 0 Å². The molecule has 0 unspecified atom stereocenters. The van der Waals surface area contributed by atoms with Gasteiger partial charge in [-0.3, -0.25) is 9.36 Å². The highest BCUT2D eigenvalue weighted by Gasteiger charge is 2.17. The van der Waals surface area contributed by atoms with Crippen LogP contribution in [0.25, 0.3) is 5.69 Å². The Morgan fingerprint density at radius 3 is 2.60 bits per heavy atom. The van der Waals surface area contributed by atoms with Gasteiger partial charge in [-0.05, 0) is 43.2 Å². The minimum Gasteiger partial charge on any atom is -0.493 e. The maximum Gasteiger partial charge on any atom is 0.273 e. The molecule has 2 aromatic heterocycles. The first-order chi connectivity index (χ1) is 17.0. The third kappa shape index (κ3) is 5.83. The van der Waals surface area contributed by atoms with Crippen molar-refractivity contribution in [3.8, 4) is 17.2 Å². The van der Waals surface area contributed by atoms with Crippen molar-refractivity contribution >= 4 is 29.0 Å². The largest absolute Gasteiger partial charge is 0.493 e. The van der Waals surface area contributed by atoms with Crippen molar-refractivity contribution in [2.45, 2.75) is 24.3 Å². The van der Waals surface area contributed by atoms with E-state index in [9.17, 15) is 4.79 Å². The number of rotatable bonds is 10. The van der Waals surface area contributed by atoms with Crippen LogP contribution < -0.4 is 9.47 Å². The van der Waals surface area contributed by atoms with E-state index in [0.29, 0.717) is 35.9 Å². The Hall–Kier alpha value is -3.37. The lowest BCUT2D eigenvalue weighted by Gasteiger charge is -2.16. The van der Waals surface area contributed by atoms with Gasteiger partial charge in [-0.15, -0.1) is 21.5 Å². The molecule has 0 saturated carbocycles. The number of aryl methyl sites for hydroxylation is 1. The summed E-state index contributed by atoms with van der Waals surface area (Å²) in [5, 5.41) is 12.0. The van der Waals surface area contributed by atoms with E-state index >= 15 is 0 Å². The number of benzene rings is 2. The highest BCUT2D eigenvalue weighted by molar-refractivity contribution is 7.98. The second-order valence-corrected chi connectivity index (χ2v) is 9.67. The number of likely N-dealkylation sites (N-methyl/N-ethyl adjacent to an activating group) is 1. The molecule has 10 heteroatoms. The van der Waals surface area contributed by atoms with E-state index in [-0.39, 0.29) is 5.91 Å².